The summed E-state index contributed by atoms with van der Waals surface area (Å²) in [6.45, 7) is 0.271. The van der Waals surface area contributed by atoms with Gasteiger partial charge in [0.05, 0.1) is 0 Å². The molecule has 2 atom stereocenters. The predicted octanol–water partition coefficient (Wildman–Crippen LogP) is 0.797. The minimum atomic E-state index is -1.25. The third-order valence-corrected chi connectivity index (χ3v) is 8.92. The van der Waals surface area contributed by atoms with Gasteiger partial charge in [-0.1, -0.05) is 53.2 Å². The van der Waals surface area contributed by atoms with Crippen LogP contribution >= 0.6 is 34.9 Å². The summed E-state index contributed by atoms with van der Waals surface area (Å²) in [5, 5.41) is 29.5. The highest BCUT2D eigenvalue weighted by Gasteiger charge is 2.54. The van der Waals surface area contributed by atoms with Gasteiger partial charge in [0.15, 0.2) is 10.8 Å². The van der Waals surface area contributed by atoms with Gasteiger partial charge in [0.2, 0.25) is 5.16 Å². The Morgan fingerprint density at radius 2 is 2.15 bits per heavy atom. The van der Waals surface area contributed by atoms with E-state index in [9.17, 15) is 19.5 Å². The van der Waals surface area contributed by atoms with Gasteiger partial charge in [-0.3, -0.25) is 14.5 Å². The van der Waals surface area contributed by atoms with Gasteiger partial charge in [0, 0.05) is 16.9 Å². The van der Waals surface area contributed by atoms with Crippen LogP contribution in [0.3, 0.4) is 0 Å². The van der Waals surface area contributed by atoms with E-state index in [0.717, 1.165) is 16.9 Å². The average molecular weight is 612 g/mol. The largest absolute Gasteiger partial charge is 0.477 e. The van der Waals surface area contributed by atoms with Crippen molar-refractivity contribution < 1.29 is 24.3 Å². The van der Waals surface area contributed by atoms with Crippen molar-refractivity contribution in [3.8, 4) is 12.3 Å². The highest BCUT2D eigenvalue weighted by Crippen LogP contribution is 2.41. The number of aromatic nitrogens is 5. The second-order valence-electron chi connectivity index (χ2n) is 8.50. The van der Waals surface area contributed by atoms with Gasteiger partial charge in [0.1, 0.15) is 36.0 Å². The number of benzene rings is 1. The highest BCUT2D eigenvalue weighted by molar-refractivity contribution is 8.01. The van der Waals surface area contributed by atoms with E-state index in [-0.39, 0.29) is 41.1 Å². The number of fused-ring (bicyclic) bond motifs is 1. The van der Waals surface area contributed by atoms with Gasteiger partial charge in [-0.25, -0.2) is 14.5 Å². The number of hydrogen-bond acceptors (Lipinski definition) is 13. The quantitative estimate of drug-likeness (QED) is 0.0910. The molecule has 0 aliphatic carbocycles. The molecule has 210 valence electrons. The molecular weight excluding hydrogens is 591 g/mol. The van der Waals surface area contributed by atoms with Crippen LogP contribution in [0.2, 0.25) is 0 Å². The number of anilines is 1. The molecule has 41 heavy (non-hydrogen) atoms. The Balaban J connectivity index is 1.29. The molecular formula is C24H21N9O5S3. The third kappa shape index (κ3) is 6.04. The van der Waals surface area contributed by atoms with Crippen LogP contribution in [0.5, 0.6) is 0 Å². The summed E-state index contributed by atoms with van der Waals surface area (Å²) in [5.41, 5.74) is 7.02. The van der Waals surface area contributed by atoms with Gasteiger partial charge in [-0.05, 0) is 21.6 Å². The number of nitrogens with two attached hydrogens (primary N) is 1. The summed E-state index contributed by atoms with van der Waals surface area (Å²) in [6, 6.07) is 8.27. The number of nitrogens with one attached hydrogen (secondary N) is 1. The van der Waals surface area contributed by atoms with E-state index in [4.69, 9.17) is 17.0 Å². The first-order chi connectivity index (χ1) is 19.9. The maximum atomic E-state index is 13.3. The molecule has 2 aliphatic heterocycles. The normalized spacial score (nSPS) is 18.4. The first-order valence-electron chi connectivity index (χ1n) is 11.9. The van der Waals surface area contributed by atoms with Crippen LogP contribution < -0.4 is 11.1 Å². The van der Waals surface area contributed by atoms with Crippen molar-refractivity contribution in [2.24, 2.45) is 5.16 Å². The third-order valence-electron chi connectivity index (χ3n) is 5.86. The molecule has 0 saturated carbocycles. The lowest BCUT2D eigenvalue weighted by Crippen LogP contribution is -2.71. The molecule has 14 nitrogen and oxygen atoms in total. The number of tetrazole rings is 1. The number of carboxylic acids is 1. The van der Waals surface area contributed by atoms with Gasteiger partial charge in [-0.15, -0.1) is 34.6 Å². The van der Waals surface area contributed by atoms with Crippen molar-refractivity contribution >= 4 is 63.5 Å². The molecule has 1 saturated heterocycles. The zero-order valence-corrected chi connectivity index (χ0v) is 23.5. The zero-order chi connectivity index (χ0) is 28.9. The number of aliphatic carboxylic acids is 1. The molecule has 0 radical (unpaired) electrons. The Hall–Kier alpha value is -4.40. The summed E-state index contributed by atoms with van der Waals surface area (Å²) < 4.78 is 1.42. The topological polar surface area (TPSA) is 191 Å². The molecule has 1 aromatic carbocycles. The highest BCUT2D eigenvalue weighted by atomic mass is 32.2. The molecule has 2 aromatic heterocycles. The van der Waals surface area contributed by atoms with Crippen LogP contribution in [-0.2, 0) is 32.4 Å². The van der Waals surface area contributed by atoms with E-state index in [0.29, 0.717) is 16.5 Å². The molecule has 4 N–H and O–H groups in total. The van der Waals surface area contributed by atoms with Crippen molar-refractivity contribution in [3.63, 3.8) is 0 Å². The monoisotopic (exact) mass is 611 g/mol. The van der Waals surface area contributed by atoms with Crippen molar-refractivity contribution in [1.29, 1.82) is 0 Å². The first kappa shape index (κ1) is 28.1. The SMILES string of the molecule is C#CCn1nnnc1SCC1=C(C(=O)O)N2C(=O)C(NC(=O)C(=NOCc3ccccc3)c3csc(N)n3)[C@H]2SC1. The van der Waals surface area contributed by atoms with Crippen LogP contribution in [0.15, 0.2) is 57.3 Å². The number of carbonyl (C=O) groups is 3. The number of hydrogen-bond donors (Lipinski definition) is 3. The molecule has 2 amide bonds. The summed E-state index contributed by atoms with van der Waals surface area (Å²) in [5.74, 6) is 0.478. The van der Waals surface area contributed by atoms with E-state index in [2.05, 4.69) is 36.9 Å². The standard InChI is InChI=1S/C24H21N9O5S3/c1-2-8-32-24(28-30-31-32)41-11-14-10-39-21-17(20(35)33(21)18(14)22(36)37)27-19(34)16(15-12-40-23(25)26-15)29-38-9-13-6-4-3-5-7-13/h1,3-7,12,17,21H,8-11H2,(H2,25,26)(H,27,34)(H,36,37)/t17?,21-/m1/s1. The molecule has 0 bridgehead atoms. The minimum absolute atomic E-state index is 0.106. The van der Waals surface area contributed by atoms with E-state index in [1.54, 1.807) is 5.38 Å². The Morgan fingerprint density at radius 3 is 2.85 bits per heavy atom. The van der Waals surface area contributed by atoms with Crippen LogP contribution in [-0.4, -0.2) is 81.6 Å². The fraction of sp³-hybridized carbons (Fsp3) is 0.250. The number of nitrogens with zero attached hydrogens (tertiary/aromatic N) is 7. The molecule has 1 unspecified atom stereocenters. The maximum Gasteiger partial charge on any atom is 0.352 e. The number of oxime groups is 1. The van der Waals surface area contributed by atoms with Crippen LogP contribution in [0.4, 0.5) is 5.13 Å². The Labute approximate surface area is 245 Å². The Bertz CT molecular complexity index is 1580. The fourth-order valence-electron chi connectivity index (χ4n) is 3.99. The van der Waals surface area contributed by atoms with Gasteiger partial charge >= 0.3 is 5.97 Å². The maximum absolute atomic E-state index is 13.3. The molecule has 2 aliphatic rings. The lowest BCUT2D eigenvalue weighted by atomic mass is 10.0. The Kier molecular flexibility index (Phi) is 8.52. The number of carboxylic acid groups (broad SMARTS) is 1. The summed E-state index contributed by atoms with van der Waals surface area (Å²) in [6.07, 6.45) is 5.33. The first-order valence-corrected chi connectivity index (χ1v) is 14.8. The minimum Gasteiger partial charge on any atom is -0.477 e. The lowest BCUT2D eigenvalue weighted by Gasteiger charge is -2.49. The van der Waals surface area contributed by atoms with Crippen molar-refractivity contribution in [2.45, 2.75) is 29.7 Å². The second kappa shape index (κ2) is 12.4. The molecule has 5 rings (SSSR count). The fourth-order valence-corrected chi connectivity index (χ4v) is 6.90. The van der Waals surface area contributed by atoms with E-state index >= 15 is 0 Å². The summed E-state index contributed by atoms with van der Waals surface area (Å²) >= 11 is 3.67. The number of amides is 2. The number of terminal acetylenes is 1. The number of thioether (sulfide) groups is 2. The summed E-state index contributed by atoms with van der Waals surface area (Å²) in [7, 11) is 0. The van der Waals surface area contributed by atoms with Crippen molar-refractivity contribution in [2.75, 3.05) is 17.2 Å². The average Bonchev–Trinajstić information content (AvgIpc) is 3.61. The molecule has 17 heteroatoms. The van der Waals surface area contributed by atoms with Crippen LogP contribution in [0.25, 0.3) is 0 Å². The molecule has 4 heterocycles. The number of carbonyl (C=O) groups excluding carboxylic acids is 2. The number of rotatable bonds is 11. The Morgan fingerprint density at radius 1 is 1.34 bits per heavy atom. The molecule has 3 aromatic rings. The van der Waals surface area contributed by atoms with Gasteiger partial charge in [0.25, 0.3) is 11.8 Å². The van der Waals surface area contributed by atoms with Crippen LogP contribution in [0, 0.1) is 12.3 Å². The zero-order valence-electron chi connectivity index (χ0n) is 21.0. The molecule has 1 fully saturated rings. The van der Waals surface area contributed by atoms with Gasteiger partial charge < -0.3 is 21.0 Å². The number of nitrogen functional groups attached to an aromatic ring is 1. The van der Waals surface area contributed by atoms with Gasteiger partial charge in [-0.2, -0.15) is 0 Å². The van der Waals surface area contributed by atoms with Crippen molar-refractivity contribution in [3.05, 3.63) is 58.2 Å². The lowest BCUT2D eigenvalue weighted by molar-refractivity contribution is -0.150. The summed E-state index contributed by atoms with van der Waals surface area (Å²) in [4.78, 5) is 49.4. The van der Waals surface area contributed by atoms with E-state index < -0.39 is 29.2 Å². The van der Waals surface area contributed by atoms with Crippen LogP contribution in [0.1, 0.15) is 11.3 Å². The van der Waals surface area contributed by atoms with E-state index in [1.807, 2.05) is 30.3 Å². The van der Waals surface area contributed by atoms with E-state index in [1.165, 1.54) is 33.1 Å². The molecule has 0 spiro atoms. The number of thiazole rings is 1. The number of β-lactam (4-membered cyclic amide) rings is 1. The second-order valence-corrected chi connectivity index (χ2v) is 11.4. The van der Waals surface area contributed by atoms with Crippen molar-refractivity contribution in [1.82, 2.24) is 35.4 Å². The smallest absolute Gasteiger partial charge is 0.352 e. The predicted molar refractivity (Wildman–Crippen MR) is 151 cm³/mol.